The first kappa shape index (κ1) is 15.8. The van der Waals surface area contributed by atoms with Gasteiger partial charge in [-0.1, -0.05) is 42.3 Å². The fraction of sp³-hybridized carbons (Fsp3) is 0.571. The lowest BCUT2D eigenvalue weighted by atomic mass is 9.93. The standard InChI is InChI=1S/C14H21Cl2NO/c1-5-17-12(9-14(2,3)18-4)10-7-6-8-11(15)13(10)16/h6-8,12,17H,5,9H2,1-4H3. The average molecular weight is 290 g/mol. The molecule has 0 radical (unpaired) electrons. The van der Waals surface area contributed by atoms with Crippen LogP contribution >= 0.6 is 23.2 Å². The van der Waals surface area contributed by atoms with Gasteiger partial charge in [-0.05, 0) is 38.4 Å². The molecule has 1 aromatic rings. The van der Waals surface area contributed by atoms with Crippen molar-refractivity contribution in [3.63, 3.8) is 0 Å². The molecular weight excluding hydrogens is 269 g/mol. The number of ether oxygens (including phenoxy) is 1. The van der Waals surface area contributed by atoms with E-state index < -0.39 is 0 Å². The Morgan fingerprint density at radius 2 is 2.00 bits per heavy atom. The molecule has 1 atom stereocenters. The molecular formula is C14H21Cl2NO. The molecule has 0 aliphatic heterocycles. The topological polar surface area (TPSA) is 21.3 Å². The van der Waals surface area contributed by atoms with Crippen molar-refractivity contribution < 1.29 is 4.74 Å². The van der Waals surface area contributed by atoms with Gasteiger partial charge >= 0.3 is 0 Å². The van der Waals surface area contributed by atoms with Crippen LogP contribution in [0.4, 0.5) is 0 Å². The molecule has 102 valence electrons. The summed E-state index contributed by atoms with van der Waals surface area (Å²) >= 11 is 12.4. The van der Waals surface area contributed by atoms with E-state index in [1.807, 2.05) is 12.1 Å². The van der Waals surface area contributed by atoms with Gasteiger partial charge in [-0.2, -0.15) is 0 Å². The van der Waals surface area contributed by atoms with E-state index in [0.29, 0.717) is 10.0 Å². The zero-order chi connectivity index (χ0) is 13.8. The second kappa shape index (κ2) is 6.76. The molecule has 0 saturated heterocycles. The molecule has 18 heavy (non-hydrogen) atoms. The lowest BCUT2D eigenvalue weighted by molar-refractivity contribution is 0.00698. The minimum absolute atomic E-state index is 0.135. The largest absolute Gasteiger partial charge is 0.379 e. The van der Waals surface area contributed by atoms with Gasteiger partial charge < -0.3 is 10.1 Å². The molecule has 0 aliphatic rings. The highest BCUT2D eigenvalue weighted by Crippen LogP contribution is 2.34. The summed E-state index contributed by atoms with van der Waals surface area (Å²) in [6.07, 6.45) is 0.831. The zero-order valence-electron chi connectivity index (χ0n) is 11.4. The Hall–Kier alpha value is -0.280. The first-order valence-corrected chi connectivity index (χ1v) is 6.89. The van der Waals surface area contributed by atoms with Crippen molar-refractivity contribution in [1.82, 2.24) is 5.32 Å². The van der Waals surface area contributed by atoms with Gasteiger partial charge in [0.1, 0.15) is 0 Å². The van der Waals surface area contributed by atoms with E-state index >= 15 is 0 Å². The summed E-state index contributed by atoms with van der Waals surface area (Å²) in [6, 6.07) is 5.87. The second-order valence-corrected chi connectivity index (χ2v) is 5.71. The van der Waals surface area contributed by atoms with E-state index in [4.69, 9.17) is 27.9 Å². The summed E-state index contributed by atoms with van der Waals surface area (Å²) in [5.41, 5.74) is 0.814. The maximum absolute atomic E-state index is 6.28. The Morgan fingerprint density at radius 3 is 2.56 bits per heavy atom. The van der Waals surface area contributed by atoms with Crippen molar-refractivity contribution in [1.29, 1.82) is 0 Å². The summed E-state index contributed by atoms with van der Waals surface area (Å²) in [6.45, 7) is 7.07. The van der Waals surface area contributed by atoms with Crippen LogP contribution in [-0.2, 0) is 4.74 Å². The molecule has 0 spiro atoms. The van der Waals surface area contributed by atoms with E-state index in [9.17, 15) is 0 Å². The van der Waals surface area contributed by atoms with Crippen LogP contribution in [0.5, 0.6) is 0 Å². The van der Waals surface area contributed by atoms with Gasteiger partial charge in [0.25, 0.3) is 0 Å². The third kappa shape index (κ3) is 4.13. The Bertz CT molecular complexity index is 393. The number of nitrogens with one attached hydrogen (secondary N) is 1. The summed E-state index contributed by atoms with van der Waals surface area (Å²) < 4.78 is 5.49. The van der Waals surface area contributed by atoms with Crippen LogP contribution in [-0.4, -0.2) is 19.3 Å². The predicted octanol–water partition coefficient (Wildman–Crippen LogP) is 4.46. The molecule has 0 amide bonds. The SMILES string of the molecule is CCNC(CC(C)(C)OC)c1cccc(Cl)c1Cl. The second-order valence-electron chi connectivity index (χ2n) is 4.92. The van der Waals surface area contributed by atoms with Crippen molar-refractivity contribution in [2.45, 2.75) is 38.8 Å². The third-order valence-electron chi connectivity index (χ3n) is 3.06. The normalized spacial score (nSPS) is 13.7. The lowest BCUT2D eigenvalue weighted by Gasteiger charge is -2.30. The summed E-state index contributed by atoms with van der Waals surface area (Å²) in [5.74, 6) is 0. The van der Waals surface area contributed by atoms with Crippen LogP contribution in [0.3, 0.4) is 0 Å². The van der Waals surface area contributed by atoms with Crippen LogP contribution in [0.25, 0.3) is 0 Å². The van der Waals surface area contributed by atoms with Crippen molar-refractivity contribution in [2.24, 2.45) is 0 Å². The number of rotatable bonds is 6. The third-order valence-corrected chi connectivity index (χ3v) is 3.89. The van der Waals surface area contributed by atoms with Crippen LogP contribution in [0.1, 0.15) is 38.8 Å². The zero-order valence-corrected chi connectivity index (χ0v) is 12.9. The Labute approximate surface area is 120 Å². The lowest BCUT2D eigenvalue weighted by Crippen LogP contribution is -2.32. The van der Waals surface area contributed by atoms with Crippen LogP contribution in [0, 0.1) is 0 Å². The van der Waals surface area contributed by atoms with Gasteiger partial charge in [-0.3, -0.25) is 0 Å². The van der Waals surface area contributed by atoms with Gasteiger partial charge in [0, 0.05) is 13.2 Å². The monoisotopic (exact) mass is 289 g/mol. The minimum Gasteiger partial charge on any atom is -0.379 e. The highest BCUT2D eigenvalue weighted by Gasteiger charge is 2.25. The average Bonchev–Trinajstić information content (AvgIpc) is 2.32. The highest BCUT2D eigenvalue weighted by molar-refractivity contribution is 6.42. The molecule has 4 heteroatoms. The molecule has 0 saturated carbocycles. The number of benzene rings is 1. The first-order valence-electron chi connectivity index (χ1n) is 6.13. The van der Waals surface area contributed by atoms with Gasteiger partial charge in [-0.15, -0.1) is 0 Å². The molecule has 0 fully saturated rings. The highest BCUT2D eigenvalue weighted by atomic mass is 35.5. The predicted molar refractivity (Wildman–Crippen MR) is 78.6 cm³/mol. The molecule has 1 aromatic carbocycles. The Kier molecular flexibility index (Phi) is 5.93. The molecule has 1 unspecified atom stereocenters. The van der Waals surface area contributed by atoms with Crippen LogP contribution in [0.2, 0.25) is 10.0 Å². The van der Waals surface area contributed by atoms with Crippen LogP contribution in [0.15, 0.2) is 18.2 Å². The van der Waals surface area contributed by atoms with Crippen LogP contribution < -0.4 is 5.32 Å². The van der Waals surface area contributed by atoms with E-state index in [2.05, 4.69) is 26.1 Å². The minimum atomic E-state index is -0.210. The molecule has 2 nitrogen and oxygen atoms in total. The van der Waals surface area contributed by atoms with Crippen molar-refractivity contribution in [3.8, 4) is 0 Å². The van der Waals surface area contributed by atoms with Gasteiger partial charge in [0.15, 0.2) is 0 Å². The maximum atomic E-state index is 6.28. The summed E-state index contributed by atoms with van der Waals surface area (Å²) in [4.78, 5) is 0. The van der Waals surface area contributed by atoms with E-state index in [0.717, 1.165) is 18.5 Å². The summed E-state index contributed by atoms with van der Waals surface area (Å²) in [7, 11) is 1.72. The molecule has 0 aliphatic carbocycles. The first-order chi connectivity index (χ1) is 8.41. The summed E-state index contributed by atoms with van der Waals surface area (Å²) in [5, 5.41) is 4.65. The smallest absolute Gasteiger partial charge is 0.0640 e. The number of hydrogen-bond donors (Lipinski definition) is 1. The Morgan fingerprint density at radius 1 is 1.33 bits per heavy atom. The van der Waals surface area contributed by atoms with Crippen molar-refractivity contribution in [2.75, 3.05) is 13.7 Å². The van der Waals surface area contributed by atoms with Crippen molar-refractivity contribution >= 4 is 23.2 Å². The molecule has 0 aromatic heterocycles. The molecule has 0 bridgehead atoms. The van der Waals surface area contributed by atoms with Crippen molar-refractivity contribution in [3.05, 3.63) is 33.8 Å². The number of methoxy groups -OCH3 is 1. The number of halogens is 2. The van der Waals surface area contributed by atoms with Gasteiger partial charge in [0.05, 0.1) is 15.6 Å². The fourth-order valence-corrected chi connectivity index (χ4v) is 2.34. The van der Waals surface area contributed by atoms with Gasteiger partial charge in [-0.25, -0.2) is 0 Å². The fourth-order valence-electron chi connectivity index (χ4n) is 1.90. The van der Waals surface area contributed by atoms with E-state index in [1.165, 1.54) is 0 Å². The quantitative estimate of drug-likeness (QED) is 0.835. The number of hydrogen-bond acceptors (Lipinski definition) is 2. The van der Waals surface area contributed by atoms with E-state index in [1.54, 1.807) is 13.2 Å². The maximum Gasteiger partial charge on any atom is 0.0640 e. The van der Waals surface area contributed by atoms with E-state index in [-0.39, 0.29) is 11.6 Å². The molecule has 1 N–H and O–H groups in total. The molecule has 1 rings (SSSR count). The van der Waals surface area contributed by atoms with Gasteiger partial charge in [0.2, 0.25) is 0 Å². The Balaban J connectivity index is 3.01. The molecule has 0 heterocycles.